The number of rotatable bonds is 5. The van der Waals surface area contributed by atoms with Crippen molar-refractivity contribution in [3.05, 3.63) is 139 Å². The number of benzene rings is 4. The van der Waals surface area contributed by atoms with Crippen LogP contribution in [0.3, 0.4) is 0 Å². The monoisotopic (exact) mass is 857 g/mol. The van der Waals surface area contributed by atoms with Crippen LogP contribution >= 0.6 is 11.3 Å². The topological polar surface area (TPSA) is 25.8 Å². The van der Waals surface area contributed by atoms with E-state index in [1.165, 1.54) is 46.8 Å². The van der Waals surface area contributed by atoms with Gasteiger partial charge < -0.3 is 4.98 Å². The molecule has 0 unspecified atom stereocenters. The zero-order valence-electron chi connectivity index (χ0n) is 27.2. The number of aromatic nitrogens is 2. The maximum absolute atomic E-state index is 4.70. The van der Waals surface area contributed by atoms with E-state index >= 15 is 0 Å². The Balaban J connectivity index is 0.000000209. The van der Waals surface area contributed by atoms with Crippen molar-refractivity contribution in [1.82, 2.24) is 9.97 Å². The van der Waals surface area contributed by atoms with Gasteiger partial charge in [-0.2, -0.15) is 11.3 Å². The third-order valence-electron chi connectivity index (χ3n) is 8.17. The zero-order valence-corrected chi connectivity index (χ0v) is 32.5. The van der Waals surface area contributed by atoms with Gasteiger partial charge in [0.1, 0.15) is 0 Å². The summed E-state index contributed by atoms with van der Waals surface area (Å²) in [6.07, 6.45) is 4.03. The van der Waals surface area contributed by atoms with E-state index in [4.69, 9.17) is 4.98 Å². The molecule has 3 heterocycles. The molecule has 0 aliphatic heterocycles. The molecular weight excluding hydrogens is 817 g/mol. The van der Waals surface area contributed by atoms with E-state index < -0.39 is 13.3 Å². The quantitative estimate of drug-likeness (QED) is 0.127. The maximum atomic E-state index is 4.70. The molecule has 0 saturated heterocycles. The van der Waals surface area contributed by atoms with Gasteiger partial charge in [-0.25, -0.2) is 0 Å². The molecule has 2 nitrogen and oxygen atoms in total. The van der Waals surface area contributed by atoms with E-state index in [-0.39, 0.29) is 20.1 Å². The summed E-state index contributed by atoms with van der Waals surface area (Å²) in [7, 11) is 0. The summed E-state index contributed by atoms with van der Waals surface area (Å²) in [6, 6.07) is 42.9. The van der Waals surface area contributed by atoms with Crippen LogP contribution < -0.4 is 4.40 Å². The van der Waals surface area contributed by atoms with Crippen LogP contribution in [0.15, 0.2) is 116 Å². The van der Waals surface area contributed by atoms with Crippen molar-refractivity contribution in [3.63, 3.8) is 0 Å². The molecule has 0 spiro atoms. The van der Waals surface area contributed by atoms with Crippen molar-refractivity contribution in [2.24, 2.45) is 0 Å². The van der Waals surface area contributed by atoms with Crippen LogP contribution in [0.25, 0.3) is 53.8 Å². The first-order valence-electron chi connectivity index (χ1n) is 15.5. The number of fused-ring (bicyclic) bond motifs is 3. The number of pyridine rings is 2. The van der Waals surface area contributed by atoms with Crippen molar-refractivity contribution in [2.75, 3.05) is 0 Å². The molecule has 5 heteroatoms. The van der Waals surface area contributed by atoms with Gasteiger partial charge in [-0.05, 0) is 63.0 Å². The Kier molecular flexibility index (Phi) is 10.7. The van der Waals surface area contributed by atoms with Gasteiger partial charge in [-0.3, -0.25) is 0 Å². The average Bonchev–Trinajstić information content (AvgIpc) is 3.43. The fourth-order valence-corrected chi connectivity index (χ4v) is 8.76. The number of hydrogen-bond acceptors (Lipinski definition) is 3. The van der Waals surface area contributed by atoms with Gasteiger partial charge in [0.15, 0.2) is 0 Å². The molecule has 0 N–H and O–H groups in total. The van der Waals surface area contributed by atoms with Crippen molar-refractivity contribution in [3.8, 4) is 33.6 Å². The molecule has 7 aromatic rings. The molecule has 46 heavy (non-hydrogen) atoms. The first-order chi connectivity index (χ1) is 21.7. The van der Waals surface area contributed by atoms with Crippen LogP contribution in [0, 0.1) is 19.1 Å². The SMILES string of the molecule is Cc1cnc(-c2[c-]cc3sc4ccc(-c5ccccc5)cc4c3c2)cc1C(C)C.[CH3][Ge]([CH3])([CH3])[c]1ccc(-c2[c-]cccc2)nc1.[Ir]. The number of thiophene rings is 1. The van der Waals surface area contributed by atoms with Gasteiger partial charge in [-0.15, -0.1) is 23.8 Å². The minimum atomic E-state index is -1.72. The molecule has 0 amide bonds. The summed E-state index contributed by atoms with van der Waals surface area (Å²) in [5, 5.41) is 2.59. The summed E-state index contributed by atoms with van der Waals surface area (Å²) in [4.78, 5) is 9.23. The largest absolute Gasteiger partial charge is 0 e. The predicted octanol–water partition coefficient (Wildman–Crippen LogP) is 11.1. The van der Waals surface area contributed by atoms with Crippen LogP contribution in [0.5, 0.6) is 0 Å². The van der Waals surface area contributed by atoms with E-state index in [0.29, 0.717) is 5.92 Å². The van der Waals surface area contributed by atoms with Crippen LogP contribution in [0.4, 0.5) is 0 Å². The molecule has 233 valence electrons. The second-order valence-corrected chi connectivity index (χ2v) is 24.6. The van der Waals surface area contributed by atoms with Crippen LogP contribution in [0.1, 0.15) is 30.9 Å². The molecule has 7 rings (SSSR count). The first kappa shape index (κ1) is 33.9. The van der Waals surface area contributed by atoms with Gasteiger partial charge >= 0.3 is 99.8 Å². The van der Waals surface area contributed by atoms with Crippen molar-refractivity contribution in [1.29, 1.82) is 0 Å². The van der Waals surface area contributed by atoms with E-state index in [1.807, 2.05) is 48.0 Å². The Morgan fingerprint density at radius 1 is 0.674 bits per heavy atom. The Bertz CT molecular complexity index is 2060. The van der Waals surface area contributed by atoms with E-state index in [0.717, 1.165) is 22.5 Å². The van der Waals surface area contributed by atoms with Crippen LogP contribution in [0.2, 0.25) is 17.3 Å². The van der Waals surface area contributed by atoms with Crippen LogP contribution in [-0.4, -0.2) is 23.2 Å². The number of hydrogen-bond donors (Lipinski definition) is 0. The molecule has 0 bridgehead atoms. The van der Waals surface area contributed by atoms with Gasteiger partial charge in [0.2, 0.25) is 0 Å². The number of aryl methyl sites for hydroxylation is 1. The third-order valence-corrected chi connectivity index (χ3v) is 13.6. The smallest absolute Gasteiger partial charge is 0 e. The van der Waals surface area contributed by atoms with Crippen molar-refractivity contribution < 1.29 is 20.1 Å². The number of nitrogens with zero attached hydrogens (tertiary/aromatic N) is 2. The molecular formula is C41H38GeIrN2S-2. The maximum Gasteiger partial charge on any atom is 0 e. The summed E-state index contributed by atoms with van der Waals surface area (Å²) in [5.41, 5.74) is 9.24. The molecule has 0 saturated carbocycles. The Labute approximate surface area is 293 Å². The normalized spacial score (nSPS) is 11.3. The van der Waals surface area contributed by atoms with E-state index in [1.54, 1.807) is 0 Å². The van der Waals surface area contributed by atoms with E-state index in [9.17, 15) is 0 Å². The summed E-state index contributed by atoms with van der Waals surface area (Å²) < 4.78 is 4.02. The third kappa shape index (κ3) is 7.58. The average molecular weight is 856 g/mol. The summed E-state index contributed by atoms with van der Waals surface area (Å²) in [6.45, 7) is 6.60. The Morgan fingerprint density at radius 3 is 2.09 bits per heavy atom. The first-order valence-corrected chi connectivity index (χ1v) is 23.7. The molecule has 1 radical (unpaired) electrons. The molecule has 3 aromatic heterocycles. The second kappa shape index (κ2) is 14.6. The zero-order chi connectivity index (χ0) is 31.6. The standard InChI is InChI=1S/C27H22NS.C14H16GeN.Ir/c1-17(2)22-15-25(28-16-18(22)3)21-10-12-27-24(14-21)23-13-20(9-11-26(23)29-27)19-7-5-4-6-8-19;1-15(2,3)13-9-10-14(16-11-13)12-7-5-4-6-8-12;/h4-9,11-17H,1-3H3;4-7,9-11H,1-3H3;/q2*-1;. The minimum Gasteiger partial charge on any atom is 0 e. The Morgan fingerprint density at radius 2 is 1.41 bits per heavy atom. The fraction of sp³-hybridized carbons (Fsp3) is 0.171. The predicted molar refractivity (Wildman–Crippen MR) is 197 cm³/mol. The molecule has 0 fully saturated rings. The fourth-order valence-electron chi connectivity index (χ4n) is 5.54. The molecule has 0 aliphatic rings. The second-order valence-electron chi connectivity index (χ2n) is 12.8. The van der Waals surface area contributed by atoms with Crippen molar-refractivity contribution >= 4 is 49.2 Å². The van der Waals surface area contributed by atoms with Crippen molar-refractivity contribution in [2.45, 2.75) is 44.0 Å². The van der Waals surface area contributed by atoms with Gasteiger partial charge in [-0.1, -0.05) is 61.7 Å². The molecule has 0 aliphatic carbocycles. The molecule has 0 atom stereocenters. The summed E-state index contributed by atoms with van der Waals surface area (Å²) >= 11 is 0.112. The van der Waals surface area contributed by atoms with Crippen LogP contribution in [-0.2, 0) is 20.1 Å². The minimum absolute atomic E-state index is 0. The van der Waals surface area contributed by atoms with E-state index in [2.05, 4.69) is 134 Å². The van der Waals surface area contributed by atoms with Gasteiger partial charge in [0.05, 0.1) is 0 Å². The summed E-state index contributed by atoms with van der Waals surface area (Å²) in [5.74, 6) is 7.62. The Hall–Kier alpha value is -3.41. The molecule has 4 aromatic carbocycles. The van der Waals surface area contributed by atoms with Gasteiger partial charge in [0.25, 0.3) is 0 Å². The van der Waals surface area contributed by atoms with Gasteiger partial charge in [0, 0.05) is 31.0 Å².